The van der Waals surface area contributed by atoms with Gasteiger partial charge in [-0.2, -0.15) is 0 Å². The van der Waals surface area contributed by atoms with E-state index in [1.54, 1.807) is 65.8 Å². The summed E-state index contributed by atoms with van der Waals surface area (Å²) in [5.41, 5.74) is 3.62. The molecule has 15 heteroatoms. The average molecular weight is 798 g/mol. The van der Waals surface area contributed by atoms with Crippen molar-refractivity contribution in [1.82, 2.24) is 14.5 Å². The number of carbonyl (C=O) groups excluding carboxylic acids is 1. The quantitative estimate of drug-likeness (QED) is 0.0484. The van der Waals surface area contributed by atoms with Gasteiger partial charge in [-0.1, -0.05) is 52.5 Å². The van der Waals surface area contributed by atoms with Gasteiger partial charge >= 0.3 is 5.82 Å². The molecule has 1 atom stereocenters. The number of methoxy groups -OCH3 is 2. The summed E-state index contributed by atoms with van der Waals surface area (Å²) in [5, 5.41) is 15.5. The van der Waals surface area contributed by atoms with Crippen LogP contribution in [-0.2, 0) is 11.2 Å². The number of fused-ring (bicyclic) bond motifs is 1. The number of rotatable bonds is 15. The molecule has 1 aliphatic rings. The maximum Gasteiger partial charge on any atom is 0.368 e. The van der Waals surface area contributed by atoms with Crippen LogP contribution in [0.2, 0.25) is 10.0 Å². The van der Waals surface area contributed by atoms with Crippen LogP contribution in [0.5, 0.6) is 11.5 Å². The summed E-state index contributed by atoms with van der Waals surface area (Å²) in [6, 6.07) is 15.7. The lowest BCUT2D eigenvalue weighted by Crippen LogP contribution is -2.41. The first kappa shape index (κ1) is 39.8. The van der Waals surface area contributed by atoms with E-state index < -0.39 is 11.0 Å². The maximum atomic E-state index is 14.8. The zero-order chi connectivity index (χ0) is 40.1. The number of hydrogen-bond donors (Lipinski definition) is 1. The van der Waals surface area contributed by atoms with E-state index >= 15 is 0 Å². The molecule has 1 N–H and O–H groups in total. The van der Waals surface area contributed by atoms with Crippen LogP contribution >= 0.6 is 23.2 Å². The van der Waals surface area contributed by atoms with Crippen LogP contribution in [0.1, 0.15) is 30.5 Å². The number of pyridine rings is 3. The summed E-state index contributed by atoms with van der Waals surface area (Å²) in [5.74, 6) is 0.864. The van der Waals surface area contributed by atoms with Gasteiger partial charge in [0.1, 0.15) is 30.1 Å². The summed E-state index contributed by atoms with van der Waals surface area (Å²) < 4.78 is 13.1. The zero-order valence-corrected chi connectivity index (χ0v) is 33.0. The molecule has 13 nitrogen and oxygen atoms in total. The van der Waals surface area contributed by atoms with Gasteiger partial charge < -0.3 is 34.0 Å². The molecule has 5 aromatic rings. The molecular formula is C41H40Cl2N7O6+. The summed E-state index contributed by atoms with van der Waals surface area (Å²) in [6.45, 7) is 2.83. The number of nitrogens with zero attached hydrogens (tertiary/aromatic N) is 6. The summed E-state index contributed by atoms with van der Waals surface area (Å²) >= 11 is 13.7. The van der Waals surface area contributed by atoms with E-state index in [4.69, 9.17) is 32.7 Å². The van der Waals surface area contributed by atoms with Crippen LogP contribution in [0.15, 0.2) is 107 Å². The molecule has 0 bridgehead atoms. The highest BCUT2D eigenvalue weighted by atomic mass is 35.5. The fraction of sp³-hybridized carbons (Fsp3) is 0.244. The van der Waals surface area contributed by atoms with Crippen LogP contribution in [0.3, 0.4) is 0 Å². The number of allylic oxidation sites excluding steroid dienone is 1. The number of nitro groups is 1. The molecule has 1 unspecified atom stereocenters. The van der Waals surface area contributed by atoms with Gasteiger partial charge in [0.25, 0.3) is 5.56 Å². The van der Waals surface area contributed by atoms with Crippen molar-refractivity contribution in [2.45, 2.75) is 25.8 Å². The number of carbonyl (C=O) groups is 1. The Balaban J connectivity index is 1.34. The highest BCUT2D eigenvalue weighted by Gasteiger charge is 2.28. The molecule has 0 saturated heterocycles. The first-order valence-electron chi connectivity index (χ1n) is 17.6. The van der Waals surface area contributed by atoms with Crippen LogP contribution in [0.4, 0.5) is 11.5 Å². The van der Waals surface area contributed by atoms with Gasteiger partial charge in [-0.05, 0) is 53.3 Å². The highest BCUT2D eigenvalue weighted by molar-refractivity contribution is 6.41. The van der Waals surface area contributed by atoms with Crippen molar-refractivity contribution in [3.63, 3.8) is 0 Å². The van der Waals surface area contributed by atoms with E-state index in [9.17, 15) is 19.7 Å². The van der Waals surface area contributed by atoms with E-state index in [0.29, 0.717) is 46.3 Å². The number of ether oxygens (including phenoxy) is 2. The second kappa shape index (κ2) is 16.9. The monoisotopic (exact) mass is 796 g/mol. The largest absolute Gasteiger partial charge is 0.495 e. The minimum Gasteiger partial charge on any atom is -0.495 e. The minimum atomic E-state index is -0.537. The molecule has 6 rings (SSSR count). The Labute approximate surface area is 333 Å². The van der Waals surface area contributed by atoms with Crippen molar-refractivity contribution in [1.29, 1.82) is 0 Å². The number of anilines is 2. The Morgan fingerprint density at radius 3 is 2.50 bits per heavy atom. The van der Waals surface area contributed by atoms with Gasteiger partial charge in [0, 0.05) is 48.3 Å². The average Bonchev–Trinajstić information content (AvgIpc) is 3.63. The Morgan fingerprint density at radius 2 is 1.82 bits per heavy atom. The normalized spacial score (nSPS) is 13.4. The highest BCUT2D eigenvalue weighted by Crippen LogP contribution is 2.45. The standard InChI is InChI=1S/C41H39Cl2N7O6/c1-25(27-10-6-9-26(17-27)18-31(51)12-8-16-50(2,3)24-28-13-15-45-40(28)49(53)54)48-33-20-36(47-30-11-7-14-44-23-30)46-22-29(33)19-32(41(48)52)37-38(42)34(55-4)21-35(56-5)39(37)43/h6-12,14-15,17,19-23,25H,13,16,18,24H2,1-5H3/p+1/b12-8+. The molecule has 2 aromatic carbocycles. The van der Waals surface area contributed by atoms with Gasteiger partial charge in [0.05, 0.1) is 79.5 Å². The third-order valence-electron chi connectivity index (χ3n) is 9.46. The molecular weight excluding hydrogens is 757 g/mol. The lowest BCUT2D eigenvalue weighted by Gasteiger charge is -2.28. The molecule has 3 aromatic heterocycles. The molecule has 0 spiro atoms. The topological polar surface area (TPSA) is 151 Å². The van der Waals surface area contributed by atoms with Crippen molar-refractivity contribution in [3.05, 3.63) is 138 Å². The number of nitrogens with one attached hydrogen (secondary N) is 1. The van der Waals surface area contributed by atoms with Gasteiger partial charge in [-0.25, -0.2) is 4.98 Å². The van der Waals surface area contributed by atoms with Crippen molar-refractivity contribution in [2.24, 2.45) is 4.99 Å². The summed E-state index contributed by atoms with van der Waals surface area (Å²) in [4.78, 5) is 51.6. The number of benzene rings is 2. The first-order valence-corrected chi connectivity index (χ1v) is 18.4. The Morgan fingerprint density at radius 1 is 1.07 bits per heavy atom. The molecule has 4 heterocycles. The zero-order valence-electron chi connectivity index (χ0n) is 31.5. The van der Waals surface area contributed by atoms with Crippen LogP contribution < -0.4 is 20.3 Å². The van der Waals surface area contributed by atoms with Crippen LogP contribution in [0.25, 0.3) is 22.0 Å². The molecule has 288 valence electrons. The Hall–Kier alpha value is -5.89. The first-order chi connectivity index (χ1) is 26.8. The molecule has 0 fully saturated rings. The molecule has 0 saturated carbocycles. The van der Waals surface area contributed by atoms with Gasteiger partial charge in [0.15, 0.2) is 5.78 Å². The van der Waals surface area contributed by atoms with Crippen LogP contribution in [0, 0.1) is 10.1 Å². The molecule has 0 amide bonds. The molecule has 0 aliphatic carbocycles. The van der Waals surface area contributed by atoms with Crippen molar-refractivity contribution < 1.29 is 23.7 Å². The second-order valence-corrected chi connectivity index (χ2v) is 14.7. The van der Waals surface area contributed by atoms with Gasteiger partial charge in [0.2, 0.25) is 0 Å². The predicted octanol–water partition coefficient (Wildman–Crippen LogP) is 7.84. The van der Waals surface area contributed by atoms with Gasteiger partial charge in [-0.15, -0.1) is 0 Å². The minimum absolute atomic E-state index is 0.0982. The predicted molar refractivity (Wildman–Crippen MR) is 219 cm³/mol. The summed E-state index contributed by atoms with van der Waals surface area (Å²) in [6.07, 6.45) is 10.5. The third kappa shape index (κ3) is 8.65. The number of quaternary nitrogens is 1. The smallest absolute Gasteiger partial charge is 0.368 e. The fourth-order valence-corrected chi connectivity index (χ4v) is 7.43. The number of aromatic nitrogens is 3. The third-order valence-corrected chi connectivity index (χ3v) is 10.2. The van der Waals surface area contributed by atoms with Crippen molar-refractivity contribution in [2.75, 3.05) is 46.7 Å². The maximum absolute atomic E-state index is 14.8. The number of aliphatic imine (C=N–C) groups is 1. The fourth-order valence-electron chi connectivity index (χ4n) is 6.73. The second-order valence-electron chi connectivity index (χ2n) is 14.0. The molecule has 0 radical (unpaired) electrons. The summed E-state index contributed by atoms with van der Waals surface area (Å²) in [7, 11) is 6.83. The molecule has 56 heavy (non-hydrogen) atoms. The lowest BCUT2D eigenvalue weighted by molar-refractivity contribution is -0.880. The van der Waals surface area contributed by atoms with Crippen LogP contribution in [-0.4, -0.2) is 77.3 Å². The lowest BCUT2D eigenvalue weighted by atomic mass is 9.99. The molecule has 1 aliphatic heterocycles. The van der Waals surface area contributed by atoms with Gasteiger partial charge in [-0.3, -0.25) is 14.6 Å². The van der Waals surface area contributed by atoms with E-state index in [0.717, 1.165) is 16.8 Å². The number of hydrogen-bond acceptors (Lipinski definition) is 10. The Bertz CT molecular complexity index is 2450. The number of ketones is 1. The number of likely N-dealkylation sites (N-methyl/N-ethyl adjacent to an activating group) is 1. The SMILES string of the molecule is COc1cc(OC)c(Cl)c(-c2cc3cnc(Nc4cccnc4)cc3n(C(C)c3cccc(CC(=O)/C=C/C[N+](C)(C)CC4=C([N+](=O)[O-])N=CC4)c3)c2=O)c1Cl. The number of halogens is 2. The van der Waals surface area contributed by atoms with E-state index in [2.05, 4.69) is 20.3 Å². The van der Waals surface area contributed by atoms with E-state index in [1.165, 1.54) is 14.2 Å². The Kier molecular flexibility index (Phi) is 12.0. The van der Waals surface area contributed by atoms with E-state index in [-0.39, 0.29) is 56.3 Å². The van der Waals surface area contributed by atoms with Crippen molar-refractivity contribution in [3.8, 4) is 22.6 Å². The van der Waals surface area contributed by atoms with E-state index in [1.807, 2.05) is 51.4 Å². The van der Waals surface area contributed by atoms with Crippen molar-refractivity contribution >= 4 is 57.6 Å².